The highest BCUT2D eigenvalue weighted by atomic mass is 35.5. The number of benzene rings is 1. The molecule has 1 amide bonds. The standard InChI is InChI=1S/C16H16ClN3O7S/c1-26-13-3-2-11(10-12(13)20(22)23)28(24,25)19-8-6-18(7-9-19)16(21)14-4-5-15(17)27-14/h2-5,10H,6-9H2,1H3. The number of nitrogens with zero attached hydrogens (tertiary/aromatic N) is 3. The maximum absolute atomic E-state index is 12.8. The molecule has 3 rings (SSSR count). The molecule has 2 heterocycles. The fourth-order valence-corrected chi connectivity index (χ4v) is 4.43. The van der Waals surface area contributed by atoms with Gasteiger partial charge in [0.15, 0.2) is 16.7 Å². The second kappa shape index (κ2) is 7.78. The van der Waals surface area contributed by atoms with E-state index in [2.05, 4.69) is 0 Å². The summed E-state index contributed by atoms with van der Waals surface area (Å²) in [5.41, 5.74) is -0.438. The molecule has 0 bridgehead atoms. The SMILES string of the molecule is COc1ccc(S(=O)(=O)N2CCN(C(=O)c3ccc(Cl)o3)CC2)cc1[N+](=O)[O-]. The number of nitro groups is 1. The molecule has 2 aromatic rings. The third-order valence-electron chi connectivity index (χ3n) is 4.29. The molecule has 150 valence electrons. The van der Waals surface area contributed by atoms with Gasteiger partial charge in [-0.15, -0.1) is 0 Å². The molecule has 1 fully saturated rings. The molecule has 0 spiro atoms. The number of nitro benzene ring substituents is 1. The number of amides is 1. The van der Waals surface area contributed by atoms with Crippen LogP contribution in [0.3, 0.4) is 0 Å². The summed E-state index contributed by atoms with van der Waals surface area (Å²) in [7, 11) is -2.70. The van der Waals surface area contributed by atoms with E-state index in [1.807, 2.05) is 0 Å². The lowest BCUT2D eigenvalue weighted by Crippen LogP contribution is -2.50. The number of halogens is 1. The fourth-order valence-electron chi connectivity index (χ4n) is 2.84. The normalized spacial score (nSPS) is 15.4. The molecule has 1 saturated heterocycles. The van der Waals surface area contributed by atoms with Crippen LogP contribution in [0.5, 0.6) is 5.75 Å². The van der Waals surface area contributed by atoms with Crippen molar-refractivity contribution >= 4 is 33.2 Å². The van der Waals surface area contributed by atoms with E-state index in [0.29, 0.717) is 0 Å². The van der Waals surface area contributed by atoms with Gasteiger partial charge in [0.05, 0.1) is 16.9 Å². The van der Waals surface area contributed by atoms with Crippen LogP contribution in [0, 0.1) is 10.1 Å². The van der Waals surface area contributed by atoms with Gasteiger partial charge in [0.2, 0.25) is 10.0 Å². The quantitative estimate of drug-likeness (QED) is 0.526. The van der Waals surface area contributed by atoms with Crippen LogP contribution in [-0.4, -0.2) is 61.7 Å². The number of methoxy groups -OCH3 is 1. The number of carbonyl (C=O) groups is 1. The number of carbonyl (C=O) groups excluding carboxylic acids is 1. The Bertz CT molecular complexity index is 1010. The zero-order chi connectivity index (χ0) is 20.5. The van der Waals surface area contributed by atoms with Gasteiger partial charge in [0.1, 0.15) is 0 Å². The van der Waals surface area contributed by atoms with Crippen LogP contribution in [0.1, 0.15) is 10.6 Å². The van der Waals surface area contributed by atoms with Crippen LogP contribution in [0.4, 0.5) is 5.69 Å². The molecule has 0 aliphatic carbocycles. The Balaban J connectivity index is 1.75. The summed E-state index contributed by atoms with van der Waals surface area (Å²) in [6.07, 6.45) is 0. The first kappa shape index (κ1) is 20.1. The summed E-state index contributed by atoms with van der Waals surface area (Å²) in [4.78, 5) is 24.0. The van der Waals surface area contributed by atoms with Crippen molar-refractivity contribution in [1.82, 2.24) is 9.21 Å². The van der Waals surface area contributed by atoms with Gasteiger partial charge >= 0.3 is 5.69 Å². The molecular weight excluding hydrogens is 414 g/mol. The van der Waals surface area contributed by atoms with Gasteiger partial charge in [-0.05, 0) is 35.9 Å². The molecule has 0 atom stereocenters. The zero-order valence-corrected chi connectivity index (χ0v) is 16.3. The minimum atomic E-state index is -3.96. The maximum atomic E-state index is 12.8. The topological polar surface area (TPSA) is 123 Å². The van der Waals surface area contributed by atoms with Crippen molar-refractivity contribution in [2.75, 3.05) is 33.3 Å². The predicted octanol–water partition coefficient (Wildman–Crippen LogP) is 2.00. The molecule has 0 saturated carbocycles. The van der Waals surface area contributed by atoms with Crippen LogP contribution in [0.15, 0.2) is 39.6 Å². The van der Waals surface area contributed by atoms with E-state index < -0.39 is 20.6 Å². The van der Waals surface area contributed by atoms with E-state index in [0.717, 1.165) is 6.07 Å². The highest BCUT2D eigenvalue weighted by Gasteiger charge is 2.32. The summed E-state index contributed by atoms with van der Waals surface area (Å²) in [5, 5.41) is 11.2. The van der Waals surface area contributed by atoms with Crippen LogP contribution in [-0.2, 0) is 10.0 Å². The van der Waals surface area contributed by atoms with Crippen LogP contribution >= 0.6 is 11.6 Å². The number of sulfonamides is 1. The average Bonchev–Trinajstić information content (AvgIpc) is 3.13. The number of hydrogen-bond donors (Lipinski definition) is 0. The molecular formula is C16H16ClN3O7S. The second-order valence-electron chi connectivity index (χ2n) is 5.89. The van der Waals surface area contributed by atoms with Gasteiger partial charge < -0.3 is 14.1 Å². The van der Waals surface area contributed by atoms with Crippen molar-refractivity contribution in [3.8, 4) is 5.75 Å². The van der Waals surface area contributed by atoms with Crippen molar-refractivity contribution in [2.45, 2.75) is 4.90 Å². The van der Waals surface area contributed by atoms with E-state index in [1.54, 1.807) is 0 Å². The first-order chi connectivity index (χ1) is 13.2. The first-order valence-corrected chi connectivity index (χ1v) is 9.93. The van der Waals surface area contributed by atoms with Crippen molar-refractivity contribution in [3.63, 3.8) is 0 Å². The van der Waals surface area contributed by atoms with Gasteiger partial charge in [0, 0.05) is 32.2 Å². The maximum Gasteiger partial charge on any atom is 0.312 e. The number of hydrogen-bond acceptors (Lipinski definition) is 7. The Kier molecular flexibility index (Phi) is 5.59. The molecule has 1 aromatic heterocycles. The molecule has 1 aliphatic rings. The van der Waals surface area contributed by atoms with Gasteiger partial charge in [0.25, 0.3) is 5.91 Å². The molecule has 12 heteroatoms. The minimum absolute atomic E-state index is 0.0310. The van der Waals surface area contributed by atoms with Crippen molar-refractivity contribution < 1.29 is 27.3 Å². The molecule has 0 unspecified atom stereocenters. The highest BCUT2D eigenvalue weighted by Crippen LogP contribution is 2.31. The summed E-state index contributed by atoms with van der Waals surface area (Å²) in [5.74, 6) is -0.340. The van der Waals surface area contributed by atoms with Crippen molar-refractivity contribution in [1.29, 1.82) is 0 Å². The molecule has 28 heavy (non-hydrogen) atoms. The van der Waals surface area contributed by atoms with E-state index in [-0.39, 0.29) is 53.7 Å². The fraction of sp³-hybridized carbons (Fsp3) is 0.312. The summed E-state index contributed by atoms with van der Waals surface area (Å²) < 4.78 is 36.8. The predicted molar refractivity (Wildman–Crippen MR) is 98.0 cm³/mol. The molecule has 1 aliphatic heterocycles. The van der Waals surface area contributed by atoms with E-state index in [1.165, 1.54) is 40.6 Å². The third kappa shape index (κ3) is 3.81. The Morgan fingerprint density at radius 2 is 1.89 bits per heavy atom. The molecule has 0 N–H and O–H groups in total. The monoisotopic (exact) mass is 429 g/mol. The second-order valence-corrected chi connectivity index (χ2v) is 8.20. The third-order valence-corrected chi connectivity index (χ3v) is 6.39. The largest absolute Gasteiger partial charge is 0.490 e. The van der Waals surface area contributed by atoms with Gasteiger partial charge in [-0.3, -0.25) is 14.9 Å². The first-order valence-electron chi connectivity index (χ1n) is 8.11. The Hall–Kier alpha value is -2.63. The lowest BCUT2D eigenvalue weighted by molar-refractivity contribution is -0.386. The minimum Gasteiger partial charge on any atom is -0.490 e. The summed E-state index contributed by atoms with van der Waals surface area (Å²) >= 11 is 5.67. The number of piperazine rings is 1. The average molecular weight is 430 g/mol. The zero-order valence-electron chi connectivity index (χ0n) is 14.7. The van der Waals surface area contributed by atoms with Crippen molar-refractivity contribution in [3.05, 3.63) is 51.4 Å². The Morgan fingerprint density at radius 3 is 2.43 bits per heavy atom. The number of ether oxygens (including phenoxy) is 1. The van der Waals surface area contributed by atoms with Crippen LogP contribution in [0.25, 0.3) is 0 Å². The highest BCUT2D eigenvalue weighted by molar-refractivity contribution is 7.89. The molecule has 10 nitrogen and oxygen atoms in total. The van der Waals surface area contributed by atoms with Gasteiger partial charge in [-0.1, -0.05) is 0 Å². The van der Waals surface area contributed by atoms with Gasteiger partial charge in [-0.2, -0.15) is 4.31 Å². The summed E-state index contributed by atoms with van der Waals surface area (Å²) in [6, 6.07) is 6.36. The van der Waals surface area contributed by atoms with E-state index in [9.17, 15) is 23.3 Å². The van der Waals surface area contributed by atoms with Gasteiger partial charge in [-0.25, -0.2) is 8.42 Å². The summed E-state index contributed by atoms with van der Waals surface area (Å²) in [6.45, 7) is 0.383. The lowest BCUT2D eigenvalue weighted by Gasteiger charge is -2.33. The lowest BCUT2D eigenvalue weighted by atomic mass is 10.3. The molecule has 0 radical (unpaired) electrons. The van der Waals surface area contributed by atoms with Crippen molar-refractivity contribution in [2.24, 2.45) is 0 Å². The van der Waals surface area contributed by atoms with Crippen LogP contribution in [0.2, 0.25) is 5.22 Å². The molecule has 1 aromatic carbocycles. The number of furan rings is 1. The number of rotatable bonds is 5. The smallest absolute Gasteiger partial charge is 0.312 e. The Labute approximate surface area is 165 Å². The van der Waals surface area contributed by atoms with E-state index in [4.69, 9.17) is 20.8 Å². The Morgan fingerprint density at radius 1 is 1.21 bits per heavy atom. The van der Waals surface area contributed by atoms with E-state index >= 15 is 0 Å². The van der Waals surface area contributed by atoms with Crippen LogP contribution < -0.4 is 4.74 Å².